The molecule has 0 aliphatic carbocycles. The number of hydrogen-bond donors (Lipinski definition) is 0. The fraction of sp³-hybridized carbons (Fsp3) is 0.154. The van der Waals surface area contributed by atoms with E-state index in [9.17, 15) is 9.18 Å². The number of nitrogens with zero attached hydrogens (tertiary/aromatic N) is 3. The van der Waals surface area contributed by atoms with E-state index in [1.54, 1.807) is 14.1 Å². The predicted molar refractivity (Wildman–Crippen MR) is 74.2 cm³/mol. The topological polar surface area (TPSA) is 55.3 Å². The molecule has 0 saturated carbocycles. The summed E-state index contributed by atoms with van der Waals surface area (Å²) in [6.45, 7) is 0. The van der Waals surface area contributed by atoms with E-state index in [1.165, 1.54) is 35.2 Å². The number of carbonyl (C=O) groups is 1. The lowest BCUT2D eigenvalue weighted by Gasteiger charge is -2.09. The molecule has 0 aliphatic rings. The summed E-state index contributed by atoms with van der Waals surface area (Å²) >= 11 is 3.24. The standard InChI is InChI=1S/C13H11BrFN3O2/c1-18(2)13(19)10-5-6-12(17-16-10)20-11-7-8(15)3-4-9(11)14/h3-7H,1-2H3. The second kappa shape index (κ2) is 5.96. The Bertz CT molecular complexity index is 632. The van der Waals surface area contributed by atoms with Crippen molar-refractivity contribution in [2.24, 2.45) is 0 Å². The fourth-order valence-corrected chi connectivity index (χ4v) is 1.71. The number of halogens is 2. The van der Waals surface area contributed by atoms with Crippen LogP contribution in [0.25, 0.3) is 0 Å². The third-order valence-electron chi connectivity index (χ3n) is 2.37. The molecule has 0 unspecified atom stereocenters. The molecule has 0 aliphatic heterocycles. The molecule has 0 bridgehead atoms. The predicted octanol–water partition coefficient (Wildman–Crippen LogP) is 2.87. The Balaban J connectivity index is 2.19. The Kier molecular flexibility index (Phi) is 4.29. The monoisotopic (exact) mass is 339 g/mol. The summed E-state index contributed by atoms with van der Waals surface area (Å²) in [4.78, 5) is 13.0. The van der Waals surface area contributed by atoms with Crippen LogP contribution < -0.4 is 4.74 Å². The first-order valence-corrected chi connectivity index (χ1v) is 6.45. The molecule has 0 atom stereocenters. The van der Waals surface area contributed by atoms with Gasteiger partial charge in [-0.2, -0.15) is 0 Å². The average Bonchev–Trinajstić information content (AvgIpc) is 2.43. The summed E-state index contributed by atoms with van der Waals surface area (Å²) in [5.74, 6) is -0.218. The first-order chi connectivity index (χ1) is 9.47. The normalized spacial score (nSPS) is 10.2. The highest BCUT2D eigenvalue weighted by molar-refractivity contribution is 9.10. The number of rotatable bonds is 3. The third kappa shape index (κ3) is 3.30. The summed E-state index contributed by atoms with van der Waals surface area (Å²) in [5.41, 5.74) is 0.209. The molecule has 2 rings (SSSR count). The van der Waals surface area contributed by atoms with Crippen LogP contribution in [0.1, 0.15) is 10.5 Å². The van der Waals surface area contributed by atoms with Gasteiger partial charge >= 0.3 is 0 Å². The second-order valence-electron chi connectivity index (χ2n) is 4.13. The molecule has 0 N–H and O–H groups in total. The molecule has 0 fully saturated rings. The minimum Gasteiger partial charge on any atom is -0.436 e. The van der Waals surface area contributed by atoms with Crippen molar-refractivity contribution in [3.63, 3.8) is 0 Å². The van der Waals surface area contributed by atoms with Gasteiger partial charge in [0.15, 0.2) is 5.69 Å². The van der Waals surface area contributed by atoms with Gasteiger partial charge in [-0.05, 0) is 34.1 Å². The minimum atomic E-state index is -0.421. The summed E-state index contributed by atoms with van der Waals surface area (Å²) in [6, 6.07) is 7.06. The van der Waals surface area contributed by atoms with Crippen LogP contribution >= 0.6 is 15.9 Å². The molecule has 20 heavy (non-hydrogen) atoms. The number of benzene rings is 1. The molecule has 1 heterocycles. The minimum absolute atomic E-state index is 0.173. The number of carbonyl (C=O) groups excluding carboxylic acids is 1. The lowest BCUT2D eigenvalue weighted by atomic mass is 10.3. The maximum atomic E-state index is 13.1. The highest BCUT2D eigenvalue weighted by Gasteiger charge is 2.11. The molecule has 0 radical (unpaired) electrons. The van der Waals surface area contributed by atoms with E-state index in [4.69, 9.17) is 4.74 Å². The summed E-state index contributed by atoms with van der Waals surface area (Å²) in [5, 5.41) is 7.56. The fourth-order valence-electron chi connectivity index (χ4n) is 1.39. The van der Waals surface area contributed by atoms with Crippen LogP contribution in [0.3, 0.4) is 0 Å². The molecule has 0 saturated heterocycles. The average molecular weight is 340 g/mol. The Morgan fingerprint density at radius 2 is 2.00 bits per heavy atom. The van der Waals surface area contributed by atoms with Crippen molar-refractivity contribution in [3.8, 4) is 11.6 Å². The van der Waals surface area contributed by atoms with Crippen molar-refractivity contribution in [2.75, 3.05) is 14.1 Å². The van der Waals surface area contributed by atoms with E-state index in [-0.39, 0.29) is 23.2 Å². The molecular weight excluding hydrogens is 329 g/mol. The Morgan fingerprint density at radius 3 is 2.60 bits per heavy atom. The Labute approximate surface area is 123 Å². The lowest BCUT2D eigenvalue weighted by Crippen LogP contribution is -2.23. The van der Waals surface area contributed by atoms with Crippen LogP contribution in [-0.4, -0.2) is 35.1 Å². The zero-order valence-corrected chi connectivity index (χ0v) is 12.4. The molecule has 1 amide bonds. The first kappa shape index (κ1) is 14.4. The van der Waals surface area contributed by atoms with Gasteiger partial charge in [-0.3, -0.25) is 4.79 Å². The molecule has 5 nitrogen and oxygen atoms in total. The lowest BCUT2D eigenvalue weighted by molar-refractivity contribution is 0.0820. The smallest absolute Gasteiger partial charge is 0.273 e. The maximum absolute atomic E-state index is 13.1. The van der Waals surface area contributed by atoms with Gasteiger partial charge in [0.1, 0.15) is 11.6 Å². The van der Waals surface area contributed by atoms with E-state index in [2.05, 4.69) is 26.1 Å². The van der Waals surface area contributed by atoms with Crippen molar-refractivity contribution in [3.05, 3.63) is 46.3 Å². The zero-order valence-electron chi connectivity index (χ0n) is 10.8. The van der Waals surface area contributed by atoms with Crippen LogP contribution in [0, 0.1) is 5.82 Å². The van der Waals surface area contributed by atoms with Crippen LogP contribution in [-0.2, 0) is 0 Å². The van der Waals surface area contributed by atoms with E-state index < -0.39 is 5.82 Å². The highest BCUT2D eigenvalue weighted by atomic mass is 79.9. The molecule has 2 aromatic rings. The summed E-state index contributed by atoms with van der Waals surface area (Å²) in [6.07, 6.45) is 0. The van der Waals surface area contributed by atoms with Gasteiger partial charge in [0.2, 0.25) is 5.88 Å². The SMILES string of the molecule is CN(C)C(=O)c1ccc(Oc2cc(F)ccc2Br)nn1. The quantitative estimate of drug-likeness (QED) is 0.862. The summed E-state index contributed by atoms with van der Waals surface area (Å²) < 4.78 is 19.1. The van der Waals surface area contributed by atoms with Gasteiger partial charge in [0, 0.05) is 26.2 Å². The van der Waals surface area contributed by atoms with Crippen LogP contribution in [0.5, 0.6) is 11.6 Å². The molecule has 1 aromatic heterocycles. The van der Waals surface area contributed by atoms with Gasteiger partial charge in [-0.25, -0.2) is 4.39 Å². The first-order valence-electron chi connectivity index (χ1n) is 5.65. The number of hydrogen-bond acceptors (Lipinski definition) is 4. The number of amides is 1. The third-order valence-corrected chi connectivity index (χ3v) is 3.03. The van der Waals surface area contributed by atoms with E-state index in [1.807, 2.05) is 0 Å². The van der Waals surface area contributed by atoms with E-state index in [0.717, 1.165) is 0 Å². The van der Waals surface area contributed by atoms with Crippen molar-refractivity contribution < 1.29 is 13.9 Å². The van der Waals surface area contributed by atoms with Gasteiger partial charge in [0.25, 0.3) is 5.91 Å². The second-order valence-corrected chi connectivity index (χ2v) is 4.99. The molecule has 104 valence electrons. The largest absolute Gasteiger partial charge is 0.436 e. The molecular formula is C13H11BrFN3O2. The van der Waals surface area contributed by atoms with Crippen molar-refractivity contribution >= 4 is 21.8 Å². The molecule has 1 aromatic carbocycles. The van der Waals surface area contributed by atoms with E-state index in [0.29, 0.717) is 4.47 Å². The zero-order chi connectivity index (χ0) is 14.7. The van der Waals surface area contributed by atoms with Crippen molar-refractivity contribution in [1.29, 1.82) is 0 Å². The van der Waals surface area contributed by atoms with Crippen LogP contribution in [0.4, 0.5) is 4.39 Å². The van der Waals surface area contributed by atoms with Gasteiger partial charge in [0.05, 0.1) is 4.47 Å². The molecule has 7 heteroatoms. The van der Waals surface area contributed by atoms with E-state index >= 15 is 0 Å². The van der Waals surface area contributed by atoms with Gasteiger partial charge in [-0.15, -0.1) is 10.2 Å². The number of aromatic nitrogens is 2. The van der Waals surface area contributed by atoms with Crippen molar-refractivity contribution in [1.82, 2.24) is 15.1 Å². The number of ether oxygens (including phenoxy) is 1. The summed E-state index contributed by atoms with van der Waals surface area (Å²) in [7, 11) is 3.25. The van der Waals surface area contributed by atoms with Crippen LogP contribution in [0.2, 0.25) is 0 Å². The highest BCUT2D eigenvalue weighted by Crippen LogP contribution is 2.29. The van der Waals surface area contributed by atoms with Gasteiger partial charge < -0.3 is 9.64 Å². The van der Waals surface area contributed by atoms with Gasteiger partial charge in [-0.1, -0.05) is 0 Å². The van der Waals surface area contributed by atoms with Crippen molar-refractivity contribution in [2.45, 2.75) is 0 Å². The Hall–Kier alpha value is -2.02. The molecule has 0 spiro atoms. The Morgan fingerprint density at radius 1 is 1.25 bits per heavy atom. The van der Waals surface area contributed by atoms with Crippen LogP contribution in [0.15, 0.2) is 34.8 Å². The maximum Gasteiger partial charge on any atom is 0.273 e.